The Labute approximate surface area is 156 Å². The van der Waals surface area contributed by atoms with Crippen LogP contribution in [0.25, 0.3) is 0 Å². The van der Waals surface area contributed by atoms with Gasteiger partial charge in [0, 0.05) is 36.2 Å². The summed E-state index contributed by atoms with van der Waals surface area (Å²) in [4.78, 5) is 35.5. The number of ether oxygens (including phenoxy) is 1. The summed E-state index contributed by atoms with van der Waals surface area (Å²) in [6.45, 7) is 1.40. The van der Waals surface area contributed by atoms with Gasteiger partial charge in [-0.05, 0) is 36.4 Å². The molecule has 0 saturated carbocycles. The van der Waals surface area contributed by atoms with Gasteiger partial charge in [-0.25, -0.2) is 0 Å². The number of ketones is 1. The molecule has 0 bridgehead atoms. The van der Waals surface area contributed by atoms with Crippen molar-refractivity contribution < 1.29 is 19.1 Å². The third kappa shape index (κ3) is 5.60. The number of benzene rings is 2. The van der Waals surface area contributed by atoms with Gasteiger partial charge in [-0.1, -0.05) is 17.7 Å². The van der Waals surface area contributed by atoms with Crippen LogP contribution < -0.4 is 15.4 Å². The van der Waals surface area contributed by atoms with Gasteiger partial charge in [-0.15, -0.1) is 0 Å². The summed E-state index contributed by atoms with van der Waals surface area (Å²) in [6.07, 6.45) is 0.0345. The molecule has 6 nitrogen and oxygen atoms in total. The molecule has 0 aliphatic carbocycles. The van der Waals surface area contributed by atoms with Gasteiger partial charge in [0.2, 0.25) is 11.8 Å². The van der Waals surface area contributed by atoms with Crippen molar-refractivity contribution in [3.63, 3.8) is 0 Å². The van der Waals surface area contributed by atoms with Gasteiger partial charge in [-0.3, -0.25) is 14.4 Å². The molecule has 2 amide bonds. The van der Waals surface area contributed by atoms with Crippen molar-refractivity contribution in [3.8, 4) is 5.75 Å². The Kier molecular flexibility index (Phi) is 6.74. The van der Waals surface area contributed by atoms with Gasteiger partial charge in [-0.2, -0.15) is 0 Å². The standard InChI is InChI=1S/C19H19ClN2O4/c1-12(23)21-14-4-3-5-15(11-14)22-19(25)9-7-17(24)16-10-13(20)6-8-18(16)26-2/h3-6,8,10-11H,7,9H2,1-2H3,(H,21,23)(H,22,25). The van der Waals surface area contributed by atoms with Gasteiger partial charge in [0.25, 0.3) is 0 Å². The fraction of sp³-hybridized carbons (Fsp3) is 0.211. The van der Waals surface area contributed by atoms with Crippen molar-refractivity contribution >= 4 is 40.6 Å². The molecule has 0 unspecified atom stereocenters. The predicted octanol–water partition coefficient (Wildman–Crippen LogP) is 3.91. The fourth-order valence-electron chi connectivity index (χ4n) is 2.36. The molecular formula is C19H19ClN2O4. The lowest BCUT2D eigenvalue weighted by atomic mass is 10.1. The van der Waals surface area contributed by atoms with E-state index in [0.29, 0.717) is 27.7 Å². The zero-order chi connectivity index (χ0) is 19.1. The average molecular weight is 375 g/mol. The number of hydrogen-bond acceptors (Lipinski definition) is 4. The van der Waals surface area contributed by atoms with Crippen molar-refractivity contribution in [1.29, 1.82) is 0 Å². The average Bonchev–Trinajstić information content (AvgIpc) is 2.59. The van der Waals surface area contributed by atoms with Crippen LogP contribution in [-0.2, 0) is 9.59 Å². The summed E-state index contributed by atoms with van der Waals surface area (Å²) in [5.41, 5.74) is 1.46. The Morgan fingerprint density at radius 3 is 2.35 bits per heavy atom. The van der Waals surface area contributed by atoms with Crippen LogP contribution >= 0.6 is 11.6 Å². The van der Waals surface area contributed by atoms with Crippen molar-refractivity contribution in [2.45, 2.75) is 19.8 Å². The Balaban J connectivity index is 1.96. The number of anilines is 2. The highest BCUT2D eigenvalue weighted by Gasteiger charge is 2.15. The maximum absolute atomic E-state index is 12.3. The molecule has 136 valence electrons. The molecule has 0 fully saturated rings. The minimum Gasteiger partial charge on any atom is -0.496 e. The second kappa shape index (κ2) is 9.01. The van der Waals surface area contributed by atoms with Gasteiger partial charge in [0.1, 0.15) is 5.75 Å². The zero-order valence-electron chi connectivity index (χ0n) is 14.5. The summed E-state index contributed by atoms with van der Waals surface area (Å²) in [6, 6.07) is 11.5. The Morgan fingerprint density at radius 2 is 1.69 bits per heavy atom. The van der Waals surface area contributed by atoms with Crippen molar-refractivity contribution in [2.24, 2.45) is 0 Å². The van der Waals surface area contributed by atoms with E-state index in [9.17, 15) is 14.4 Å². The van der Waals surface area contributed by atoms with E-state index in [0.717, 1.165) is 0 Å². The Bertz CT molecular complexity index is 836. The first-order valence-electron chi connectivity index (χ1n) is 7.93. The van der Waals surface area contributed by atoms with Crippen LogP contribution in [0, 0.1) is 0 Å². The predicted molar refractivity (Wildman–Crippen MR) is 101 cm³/mol. The van der Waals surface area contributed by atoms with E-state index < -0.39 is 0 Å². The number of methoxy groups -OCH3 is 1. The molecule has 2 N–H and O–H groups in total. The number of halogens is 1. The number of carbonyl (C=O) groups excluding carboxylic acids is 3. The first-order chi connectivity index (χ1) is 12.4. The number of nitrogens with one attached hydrogen (secondary N) is 2. The lowest BCUT2D eigenvalue weighted by Crippen LogP contribution is -2.14. The molecule has 2 aromatic carbocycles. The third-order valence-electron chi connectivity index (χ3n) is 3.51. The molecule has 0 aliphatic heterocycles. The summed E-state index contributed by atoms with van der Waals surface area (Å²) in [7, 11) is 1.47. The monoisotopic (exact) mass is 374 g/mol. The SMILES string of the molecule is COc1ccc(Cl)cc1C(=O)CCC(=O)Nc1cccc(NC(C)=O)c1. The lowest BCUT2D eigenvalue weighted by Gasteiger charge is -2.09. The minimum atomic E-state index is -0.306. The van der Waals surface area contributed by atoms with Crippen LogP contribution in [0.3, 0.4) is 0 Å². The third-order valence-corrected chi connectivity index (χ3v) is 3.74. The molecule has 2 aromatic rings. The van der Waals surface area contributed by atoms with Gasteiger partial charge >= 0.3 is 0 Å². The Morgan fingerprint density at radius 1 is 1.00 bits per heavy atom. The van der Waals surface area contributed by atoms with Crippen LogP contribution in [0.4, 0.5) is 11.4 Å². The highest BCUT2D eigenvalue weighted by molar-refractivity contribution is 6.31. The van der Waals surface area contributed by atoms with Gasteiger partial charge in [0.15, 0.2) is 5.78 Å². The molecule has 0 radical (unpaired) electrons. The first kappa shape index (κ1) is 19.5. The number of carbonyl (C=O) groups is 3. The molecule has 0 saturated heterocycles. The number of rotatable bonds is 7. The maximum Gasteiger partial charge on any atom is 0.224 e. The molecule has 0 aliphatic rings. The largest absolute Gasteiger partial charge is 0.496 e. The summed E-state index contributed by atoms with van der Waals surface area (Å²) < 4.78 is 5.15. The maximum atomic E-state index is 12.3. The Hall–Kier alpha value is -2.86. The first-order valence-corrected chi connectivity index (χ1v) is 8.31. The molecule has 0 atom stereocenters. The van der Waals surface area contributed by atoms with Crippen molar-refractivity contribution in [3.05, 3.63) is 53.1 Å². The van der Waals surface area contributed by atoms with E-state index in [-0.39, 0.29) is 30.4 Å². The zero-order valence-corrected chi connectivity index (χ0v) is 15.2. The van der Waals surface area contributed by atoms with E-state index in [1.165, 1.54) is 20.1 Å². The van der Waals surface area contributed by atoms with Crippen molar-refractivity contribution in [1.82, 2.24) is 0 Å². The molecule has 26 heavy (non-hydrogen) atoms. The van der Waals surface area contributed by atoms with Crippen LogP contribution in [0.2, 0.25) is 5.02 Å². The fourth-order valence-corrected chi connectivity index (χ4v) is 2.53. The van der Waals surface area contributed by atoms with E-state index in [2.05, 4.69) is 10.6 Å². The van der Waals surface area contributed by atoms with E-state index in [1.807, 2.05) is 0 Å². The summed E-state index contributed by atoms with van der Waals surface area (Å²) in [5.74, 6) is -0.317. The molecule has 2 rings (SSSR count). The normalized spacial score (nSPS) is 10.1. The molecular weight excluding hydrogens is 356 g/mol. The highest BCUT2D eigenvalue weighted by atomic mass is 35.5. The highest BCUT2D eigenvalue weighted by Crippen LogP contribution is 2.24. The van der Waals surface area contributed by atoms with E-state index >= 15 is 0 Å². The topological polar surface area (TPSA) is 84.5 Å². The van der Waals surface area contributed by atoms with Crippen LogP contribution in [0.15, 0.2) is 42.5 Å². The minimum absolute atomic E-state index is 0.0128. The second-order valence-corrected chi connectivity index (χ2v) is 6.01. The van der Waals surface area contributed by atoms with E-state index in [4.69, 9.17) is 16.3 Å². The van der Waals surface area contributed by atoms with Crippen LogP contribution in [0.1, 0.15) is 30.1 Å². The lowest BCUT2D eigenvalue weighted by molar-refractivity contribution is -0.116. The summed E-state index contributed by atoms with van der Waals surface area (Å²) in [5, 5.41) is 5.76. The number of Topliss-reactive ketones (excluding diaryl/α,β-unsaturated/α-hetero) is 1. The number of hydrogen-bond donors (Lipinski definition) is 2. The molecule has 0 spiro atoms. The molecule has 0 aromatic heterocycles. The molecule has 0 heterocycles. The van der Waals surface area contributed by atoms with Crippen molar-refractivity contribution in [2.75, 3.05) is 17.7 Å². The quantitative estimate of drug-likeness (QED) is 0.719. The van der Waals surface area contributed by atoms with Gasteiger partial charge in [0.05, 0.1) is 12.7 Å². The van der Waals surface area contributed by atoms with Crippen LogP contribution in [0.5, 0.6) is 5.75 Å². The summed E-state index contributed by atoms with van der Waals surface area (Å²) >= 11 is 5.92. The molecule has 7 heteroatoms. The number of amides is 2. The van der Waals surface area contributed by atoms with Crippen LogP contribution in [-0.4, -0.2) is 24.7 Å². The van der Waals surface area contributed by atoms with E-state index in [1.54, 1.807) is 36.4 Å². The van der Waals surface area contributed by atoms with Gasteiger partial charge < -0.3 is 15.4 Å². The smallest absolute Gasteiger partial charge is 0.224 e. The second-order valence-electron chi connectivity index (χ2n) is 5.58.